The van der Waals surface area contributed by atoms with Gasteiger partial charge in [0.15, 0.2) is 5.82 Å². The van der Waals surface area contributed by atoms with Gasteiger partial charge in [-0.25, -0.2) is 9.97 Å². The van der Waals surface area contributed by atoms with Crippen LogP contribution in [0.4, 0.5) is 17.5 Å². The monoisotopic (exact) mass is 323 g/mol. The first kappa shape index (κ1) is 15.7. The standard InChI is InChI=1S/C17H17N5O2/c1-3-12-4-6-13(7-5-12)19-16(23)14-8-9-18-17(20-14)21-15-10-11(2)24-22-15/h4-10H,3H2,1-2H3,(H,19,23)(H,18,20,21,22). The van der Waals surface area contributed by atoms with Crippen molar-refractivity contribution in [2.75, 3.05) is 10.6 Å². The molecule has 1 amide bonds. The van der Waals surface area contributed by atoms with Crippen molar-refractivity contribution in [2.45, 2.75) is 20.3 Å². The van der Waals surface area contributed by atoms with Crippen molar-refractivity contribution in [3.63, 3.8) is 0 Å². The van der Waals surface area contributed by atoms with Crippen molar-refractivity contribution in [2.24, 2.45) is 0 Å². The van der Waals surface area contributed by atoms with Crippen molar-refractivity contribution < 1.29 is 9.32 Å². The molecular weight excluding hydrogens is 306 g/mol. The predicted octanol–water partition coefficient (Wildman–Crippen LogP) is 3.33. The van der Waals surface area contributed by atoms with E-state index >= 15 is 0 Å². The van der Waals surface area contributed by atoms with Gasteiger partial charge >= 0.3 is 0 Å². The minimum Gasteiger partial charge on any atom is -0.360 e. The fourth-order valence-electron chi connectivity index (χ4n) is 2.10. The van der Waals surface area contributed by atoms with E-state index in [4.69, 9.17) is 4.52 Å². The van der Waals surface area contributed by atoms with Gasteiger partial charge in [0.2, 0.25) is 5.95 Å². The van der Waals surface area contributed by atoms with Gasteiger partial charge in [-0.3, -0.25) is 4.79 Å². The molecular formula is C17H17N5O2. The largest absolute Gasteiger partial charge is 0.360 e. The van der Waals surface area contributed by atoms with Crippen molar-refractivity contribution in [3.05, 3.63) is 59.6 Å². The van der Waals surface area contributed by atoms with Crippen molar-refractivity contribution >= 4 is 23.4 Å². The van der Waals surface area contributed by atoms with Gasteiger partial charge in [-0.05, 0) is 37.1 Å². The summed E-state index contributed by atoms with van der Waals surface area (Å²) in [6.07, 6.45) is 2.47. The van der Waals surface area contributed by atoms with E-state index in [0.29, 0.717) is 11.6 Å². The van der Waals surface area contributed by atoms with E-state index in [0.717, 1.165) is 12.1 Å². The second-order valence-corrected chi connectivity index (χ2v) is 5.22. The van der Waals surface area contributed by atoms with Crippen molar-refractivity contribution in [3.8, 4) is 0 Å². The first-order valence-electron chi connectivity index (χ1n) is 7.57. The van der Waals surface area contributed by atoms with Gasteiger partial charge in [0.25, 0.3) is 5.91 Å². The number of nitrogens with one attached hydrogen (secondary N) is 2. The zero-order chi connectivity index (χ0) is 16.9. The summed E-state index contributed by atoms with van der Waals surface area (Å²) in [6, 6.07) is 11.0. The Kier molecular flexibility index (Phi) is 4.51. The van der Waals surface area contributed by atoms with Crippen LogP contribution in [-0.2, 0) is 6.42 Å². The van der Waals surface area contributed by atoms with Gasteiger partial charge in [0.05, 0.1) is 0 Å². The Morgan fingerprint density at radius 2 is 2.00 bits per heavy atom. The summed E-state index contributed by atoms with van der Waals surface area (Å²) in [5.74, 6) is 1.13. The van der Waals surface area contributed by atoms with Crippen LogP contribution in [0.15, 0.2) is 47.1 Å². The van der Waals surface area contributed by atoms with Gasteiger partial charge in [-0.15, -0.1) is 0 Å². The average Bonchev–Trinajstić information content (AvgIpc) is 3.00. The molecule has 0 bridgehead atoms. The Labute approximate surface area is 139 Å². The molecule has 0 atom stereocenters. The Bertz CT molecular complexity index is 842. The molecule has 1 aromatic carbocycles. The van der Waals surface area contributed by atoms with Crippen molar-refractivity contribution in [1.29, 1.82) is 0 Å². The van der Waals surface area contributed by atoms with E-state index in [9.17, 15) is 4.79 Å². The first-order valence-corrected chi connectivity index (χ1v) is 7.57. The predicted molar refractivity (Wildman–Crippen MR) is 90.3 cm³/mol. The first-order chi connectivity index (χ1) is 11.6. The highest BCUT2D eigenvalue weighted by Gasteiger charge is 2.10. The van der Waals surface area contributed by atoms with Crippen LogP contribution in [0.2, 0.25) is 0 Å². The molecule has 2 heterocycles. The van der Waals surface area contributed by atoms with Crippen LogP contribution in [0.5, 0.6) is 0 Å². The van der Waals surface area contributed by atoms with Gasteiger partial charge in [0, 0.05) is 18.0 Å². The number of anilines is 3. The summed E-state index contributed by atoms with van der Waals surface area (Å²) in [5.41, 5.74) is 2.19. The maximum Gasteiger partial charge on any atom is 0.274 e. The van der Waals surface area contributed by atoms with Crippen LogP contribution in [-0.4, -0.2) is 21.0 Å². The lowest BCUT2D eigenvalue weighted by Crippen LogP contribution is -2.14. The molecule has 0 spiro atoms. The van der Waals surface area contributed by atoms with E-state index < -0.39 is 0 Å². The lowest BCUT2D eigenvalue weighted by molar-refractivity contribution is 0.102. The maximum atomic E-state index is 12.3. The number of carbonyl (C=O) groups is 1. The fraction of sp³-hybridized carbons (Fsp3) is 0.176. The van der Waals surface area contributed by atoms with E-state index in [2.05, 4.69) is 32.7 Å². The molecule has 122 valence electrons. The van der Waals surface area contributed by atoms with Crippen LogP contribution in [0.25, 0.3) is 0 Å². The van der Waals surface area contributed by atoms with Crippen LogP contribution >= 0.6 is 0 Å². The third-order valence-corrected chi connectivity index (χ3v) is 3.38. The number of hydrogen-bond donors (Lipinski definition) is 2. The number of rotatable bonds is 5. The van der Waals surface area contributed by atoms with Crippen LogP contribution < -0.4 is 10.6 Å². The molecule has 0 fully saturated rings. The van der Waals surface area contributed by atoms with Crippen LogP contribution in [0, 0.1) is 6.92 Å². The topological polar surface area (TPSA) is 92.9 Å². The highest BCUT2D eigenvalue weighted by Crippen LogP contribution is 2.14. The van der Waals surface area contributed by atoms with Gasteiger partial charge < -0.3 is 15.2 Å². The summed E-state index contributed by atoms with van der Waals surface area (Å²) in [4.78, 5) is 20.6. The molecule has 7 nitrogen and oxygen atoms in total. The molecule has 3 rings (SSSR count). The molecule has 0 unspecified atom stereocenters. The number of nitrogens with zero attached hydrogens (tertiary/aromatic N) is 3. The average molecular weight is 323 g/mol. The zero-order valence-electron chi connectivity index (χ0n) is 13.4. The highest BCUT2D eigenvalue weighted by atomic mass is 16.5. The van der Waals surface area contributed by atoms with E-state index in [1.54, 1.807) is 19.1 Å². The molecule has 0 aliphatic heterocycles. The Morgan fingerprint density at radius 1 is 1.21 bits per heavy atom. The quantitative estimate of drug-likeness (QED) is 0.748. The summed E-state index contributed by atoms with van der Waals surface area (Å²) in [5, 5.41) is 9.51. The second-order valence-electron chi connectivity index (χ2n) is 5.22. The molecule has 0 saturated carbocycles. The molecule has 0 radical (unpaired) electrons. The van der Waals surface area contributed by atoms with Gasteiger partial charge in [0.1, 0.15) is 11.5 Å². The molecule has 0 aliphatic rings. The van der Waals surface area contributed by atoms with Gasteiger partial charge in [-0.1, -0.05) is 24.2 Å². The minimum absolute atomic E-state index is 0.257. The maximum absolute atomic E-state index is 12.3. The summed E-state index contributed by atoms with van der Waals surface area (Å²) in [7, 11) is 0. The molecule has 7 heteroatoms. The zero-order valence-corrected chi connectivity index (χ0v) is 13.4. The third kappa shape index (κ3) is 3.75. The second kappa shape index (κ2) is 6.91. The SMILES string of the molecule is CCc1ccc(NC(=O)c2ccnc(Nc3cc(C)on3)n2)cc1. The summed E-state index contributed by atoms with van der Waals surface area (Å²) < 4.78 is 4.96. The number of aromatic nitrogens is 3. The number of aryl methyl sites for hydroxylation is 2. The van der Waals surface area contributed by atoms with Crippen LogP contribution in [0.1, 0.15) is 28.7 Å². The third-order valence-electron chi connectivity index (χ3n) is 3.38. The highest BCUT2D eigenvalue weighted by molar-refractivity contribution is 6.02. The molecule has 3 aromatic rings. The molecule has 2 aromatic heterocycles. The van der Waals surface area contributed by atoms with E-state index in [1.165, 1.54) is 11.8 Å². The lowest BCUT2D eigenvalue weighted by atomic mass is 10.1. The van der Waals surface area contributed by atoms with E-state index in [-0.39, 0.29) is 17.5 Å². The number of hydrogen-bond acceptors (Lipinski definition) is 6. The van der Waals surface area contributed by atoms with Crippen LogP contribution in [0.3, 0.4) is 0 Å². The summed E-state index contributed by atoms with van der Waals surface area (Å²) >= 11 is 0. The smallest absolute Gasteiger partial charge is 0.274 e. The number of benzene rings is 1. The minimum atomic E-state index is -0.305. The Morgan fingerprint density at radius 3 is 2.67 bits per heavy atom. The molecule has 24 heavy (non-hydrogen) atoms. The van der Waals surface area contributed by atoms with E-state index in [1.807, 2.05) is 24.3 Å². The Hall–Kier alpha value is -3.22. The van der Waals surface area contributed by atoms with Gasteiger partial charge in [-0.2, -0.15) is 0 Å². The normalized spacial score (nSPS) is 10.4. The van der Waals surface area contributed by atoms with Crippen molar-refractivity contribution in [1.82, 2.24) is 15.1 Å². The number of carbonyl (C=O) groups excluding carboxylic acids is 1. The Balaban J connectivity index is 1.71. The summed E-state index contributed by atoms with van der Waals surface area (Å²) in [6.45, 7) is 3.87. The fourth-order valence-corrected chi connectivity index (χ4v) is 2.10. The lowest BCUT2D eigenvalue weighted by Gasteiger charge is -2.06. The molecule has 0 aliphatic carbocycles. The molecule has 0 saturated heterocycles. The number of amides is 1. The molecule has 2 N–H and O–H groups in total.